The Hall–Kier alpha value is -1.90. The van der Waals surface area contributed by atoms with Crippen LogP contribution in [0.3, 0.4) is 0 Å². The van der Waals surface area contributed by atoms with Crippen molar-refractivity contribution in [2.75, 3.05) is 23.4 Å². The lowest BCUT2D eigenvalue weighted by molar-refractivity contribution is -0.118. The molecule has 0 bridgehead atoms. The number of rotatable bonds is 6. The summed E-state index contributed by atoms with van der Waals surface area (Å²) >= 11 is 5.66. The third-order valence-electron chi connectivity index (χ3n) is 4.20. The summed E-state index contributed by atoms with van der Waals surface area (Å²) in [5, 5.41) is 9.87. The van der Waals surface area contributed by atoms with Crippen LogP contribution in [0, 0.1) is 6.92 Å². The first kappa shape index (κ1) is 19.4. The smallest absolute Gasteiger partial charge is 0.263 e. The first-order valence-corrected chi connectivity index (χ1v) is 12.0. The first-order valence-electron chi connectivity index (χ1n) is 9.05. The van der Waals surface area contributed by atoms with Crippen molar-refractivity contribution in [3.05, 3.63) is 52.9 Å². The minimum Gasteiger partial charge on any atom is -0.484 e. The summed E-state index contributed by atoms with van der Waals surface area (Å²) in [5.41, 5.74) is 2.20. The minimum atomic E-state index is -0.233. The van der Waals surface area contributed by atoms with Crippen LogP contribution in [0.1, 0.15) is 21.4 Å². The van der Waals surface area contributed by atoms with E-state index >= 15 is 0 Å². The number of nitrogens with zero attached hydrogens (tertiary/aromatic N) is 1. The number of carbonyl (C=O) groups excluding carboxylic acids is 1. The van der Waals surface area contributed by atoms with Crippen molar-refractivity contribution in [3.8, 4) is 16.3 Å². The van der Waals surface area contributed by atoms with E-state index < -0.39 is 0 Å². The molecule has 0 spiro atoms. The number of nitrogens with one attached hydrogen (secondary N) is 2. The van der Waals surface area contributed by atoms with Gasteiger partial charge < -0.3 is 10.1 Å². The van der Waals surface area contributed by atoms with E-state index in [2.05, 4.69) is 40.6 Å². The number of aromatic nitrogens is 2. The fraction of sp³-hybridized carbons (Fsp3) is 0.300. The topological polar surface area (TPSA) is 67.0 Å². The summed E-state index contributed by atoms with van der Waals surface area (Å²) in [5.74, 6) is 3.40. The number of hydrogen-bond donors (Lipinski definition) is 2. The fourth-order valence-corrected chi connectivity index (χ4v) is 6.55. The van der Waals surface area contributed by atoms with Crippen molar-refractivity contribution < 1.29 is 9.53 Å². The van der Waals surface area contributed by atoms with Gasteiger partial charge in [-0.25, -0.2) is 0 Å². The Labute approximate surface area is 176 Å². The maximum absolute atomic E-state index is 12.2. The Morgan fingerprint density at radius 1 is 1.21 bits per heavy atom. The number of benzene rings is 1. The summed E-state index contributed by atoms with van der Waals surface area (Å²) in [6.07, 6.45) is 1.28. The van der Waals surface area contributed by atoms with Gasteiger partial charge in [0.1, 0.15) is 5.75 Å². The Balaban J connectivity index is 1.28. The molecule has 2 aromatic heterocycles. The van der Waals surface area contributed by atoms with Gasteiger partial charge in [0.15, 0.2) is 12.4 Å². The lowest BCUT2D eigenvalue weighted by Crippen LogP contribution is -2.20. The van der Waals surface area contributed by atoms with Crippen molar-refractivity contribution in [2.24, 2.45) is 0 Å². The van der Waals surface area contributed by atoms with Crippen LogP contribution in [-0.2, 0) is 4.79 Å². The monoisotopic (exact) mass is 431 g/mol. The number of anilines is 1. The van der Waals surface area contributed by atoms with Crippen LogP contribution in [-0.4, -0.2) is 34.2 Å². The number of H-pyrrole nitrogens is 1. The van der Waals surface area contributed by atoms with Gasteiger partial charge in [0.2, 0.25) is 0 Å². The van der Waals surface area contributed by atoms with Crippen LogP contribution in [0.5, 0.6) is 5.75 Å². The molecule has 0 aliphatic carbocycles. The van der Waals surface area contributed by atoms with E-state index in [4.69, 9.17) is 4.74 Å². The van der Waals surface area contributed by atoms with Crippen molar-refractivity contribution in [3.63, 3.8) is 0 Å². The predicted octanol–water partition coefficient (Wildman–Crippen LogP) is 5.33. The molecule has 1 fully saturated rings. The molecule has 3 aromatic rings. The summed E-state index contributed by atoms with van der Waals surface area (Å²) < 4.78 is 6.12. The molecular formula is C20H21N3O2S3. The quantitative estimate of drug-likeness (QED) is 0.552. The number of carbonyl (C=O) groups is 1. The van der Waals surface area contributed by atoms with Gasteiger partial charge in [-0.05, 0) is 54.7 Å². The lowest BCUT2D eigenvalue weighted by atomic mass is 10.2. The van der Waals surface area contributed by atoms with Crippen molar-refractivity contribution in [1.29, 1.82) is 0 Å². The second kappa shape index (κ2) is 9.07. The van der Waals surface area contributed by atoms with Gasteiger partial charge >= 0.3 is 0 Å². The average Bonchev–Trinajstić information content (AvgIpc) is 3.36. The lowest BCUT2D eigenvalue weighted by Gasteiger charge is -2.21. The molecule has 1 amide bonds. The highest BCUT2D eigenvalue weighted by Crippen LogP contribution is 2.43. The van der Waals surface area contributed by atoms with Crippen LogP contribution in [0.2, 0.25) is 0 Å². The molecule has 28 heavy (non-hydrogen) atoms. The second-order valence-corrected chi connectivity index (χ2v) is 10.4. The Morgan fingerprint density at radius 3 is 2.71 bits per heavy atom. The molecule has 0 unspecified atom stereocenters. The van der Waals surface area contributed by atoms with Gasteiger partial charge in [-0.3, -0.25) is 9.89 Å². The number of amides is 1. The molecule has 4 rings (SSSR count). The zero-order valence-corrected chi connectivity index (χ0v) is 17.9. The van der Waals surface area contributed by atoms with Crippen LogP contribution in [0.25, 0.3) is 10.6 Å². The van der Waals surface area contributed by atoms with E-state index in [0.717, 1.165) is 10.6 Å². The summed E-state index contributed by atoms with van der Waals surface area (Å²) in [7, 11) is 0. The molecule has 5 nitrogen and oxygen atoms in total. The van der Waals surface area contributed by atoms with Gasteiger partial charge in [-0.1, -0.05) is 12.1 Å². The van der Waals surface area contributed by atoms with Crippen molar-refractivity contribution >= 4 is 46.6 Å². The fourth-order valence-electron chi connectivity index (χ4n) is 2.82. The Morgan fingerprint density at radius 2 is 2.00 bits per heavy atom. The second-order valence-electron chi connectivity index (χ2n) is 6.41. The van der Waals surface area contributed by atoms with Crippen LogP contribution >= 0.6 is 34.9 Å². The highest BCUT2D eigenvalue weighted by atomic mass is 32.2. The average molecular weight is 432 g/mol. The molecule has 2 N–H and O–H groups in total. The first-order chi connectivity index (χ1) is 13.7. The Bertz CT molecular complexity index is 930. The largest absolute Gasteiger partial charge is 0.484 e. The standard InChI is InChI=1S/C20H21N3O2S3/c1-13-3-8-17(28-13)16-11-18(23-22-16)21-19(24)12-25-15-6-4-14(5-7-15)20-26-9-2-10-27-20/h3-8,11,20H,2,9-10,12H2,1H3,(H2,21,22,23,24). The number of thioether (sulfide) groups is 2. The van der Waals surface area contributed by atoms with Crippen LogP contribution < -0.4 is 10.1 Å². The summed E-state index contributed by atoms with van der Waals surface area (Å²) in [6, 6.07) is 14.0. The van der Waals surface area contributed by atoms with E-state index in [-0.39, 0.29) is 12.5 Å². The number of aromatic amines is 1. The molecule has 3 heterocycles. The van der Waals surface area contributed by atoms with Gasteiger partial charge in [0, 0.05) is 10.9 Å². The van der Waals surface area contributed by atoms with Gasteiger partial charge in [-0.2, -0.15) is 5.10 Å². The highest BCUT2D eigenvalue weighted by molar-refractivity contribution is 8.16. The number of hydrogen-bond acceptors (Lipinski definition) is 6. The predicted molar refractivity (Wildman–Crippen MR) is 119 cm³/mol. The maximum Gasteiger partial charge on any atom is 0.263 e. The summed E-state index contributed by atoms with van der Waals surface area (Å²) in [6.45, 7) is 2.01. The van der Waals surface area contributed by atoms with Crippen LogP contribution in [0.4, 0.5) is 5.82 Å². The molecular weight excluding hydrogens is 410 g/mol. The molecule has 8 heteroatoms. The van der Waals surface area contributed by atoms with Crippen LogP contribution in [0.15, 0.2) is 42.5 Å². The van der Waals surface area contributed by atoms with Gasteiger partial charge in [0.25, 0.3) is 5.91 Å². The molecule has 146 valence electrons. The minimum absolute atomic E-state index is 0.0490. The van der Waals surface area contributed by atoms with E-state index in [9.17, 15) is 4.79 Å². The third kappa shape index (κ3) is 4.92. The molecule has 0 atom stereocenters. The van der Waals surface area contributed by atoms with E-state index in [0.29, 0.717) is 16.1 Å². The zero-order valence-electron chi connectivity index (χ0n) is 15.4. The highest BCUT2D eigenvalue weighted by Gasteiger charge is 2.16. The van der Waals surface area contributed by atoms with Crippen molar-refractivity contribution in [1.82, 2.24) is 10.2 Å². The van der Waals surface area contributed by atoms with E-state index in [1.165, 1.54) is 28.4 Å². The summed E-state index contributed by atoms with van der Waals surface area (Å²) in [4.78, 5) is 14.5. The zero-order chi connectivity index (χ0) is 19.3. The molecule has 1 aliphatic heterocycles. The van der Waals surface area contributed by atoms with Gasteiger partial charge in [-0.15, -0.1) is 34.9 Å². The number of thiophene rings is 1. The number of ether oxygens (including phenoxy) is 1. The van der Waals surface area contributed by atoms with E-state index in [1.54, 1.807) is 11.3 Å². The molecule has 1 aliphatic rings. The van der Waals surface area contributed by atoms with Gasteiger partial charge in [0.05, 0.1) is 15.2 Å². The number of aryl methyl sites for hydroxylation is 1. The molecule has 1 saturated heterocycles. The Kier molecular flexibility index (Phi) is 6.29. The SMILES string of the molecule is Cc1ccc(-c2cc(NC(=O)COc3ccc(C4SCCCS4)cc3)n[nH]2)s1. The molecule has 1 aromatic carbocycles. The molecule has 0 saturated carbocycles. The maximum atomic E-state index is 12.2. The molecule has 0 radical (unpaired) electrons. The van der Waals surface area contributed by atoms with E-state index in [1.807, 2.05) is 47.8 Å². The normalized spacial score (nSPS) is 14.8. The van der Waals surface area contributed by atoms with Crippen molar-refractivity contribution in [2.45, 2.75) is 17.9 Å². The third-order valence-corrected chi connectivity index (χ3v) is 8.25.